The minimum absolute atomic E-state index is 0.0462. The van der Waals surface area contributed by atoms with Gasteiger partial charge in [-0.15, -0.1) is 0 Å². The Bertz CT molecular complexity index is 235. The number of thioether (sulfide) groups is 1. The Labute approximate surface area is 102 Å². The van der Waals surface area contributed by atoms with Gasteiger partial charge in [-0.1, -0.05) is 0 Å². The number of carbonyl (C=O) groups is 1. The van der Waals surface area contributed by atoms with Gasteiger partial charge in [0.15, 0.2) is 0 Å². The predicted octanol–water partition coefficient (Wildman–Crippen LogP) is 1.59. The van der Waals surface area contributed by atoms with Crippen molar-refractivity contribution in [2.45, 2.75) is 38.8 Å². The Morgan fingerprint density at radius 3 is 2.75 bits per heavy atom. The maximum absolute atomic E-state index is 11.6. The second-order valence-corrected chi connectivity index (χ2v) is 6.26. The van der Waals surface area contributed by atoms with Crippen LogP contribution < -0.4 is 11.1 Å². The molecule has 94 valence electrons. The van der Waals surface area contributed by atoms with Gasteiger partial charge in [-0.2, -0.15) is 11.8 Å². The summed E-state index contributed by atoms with van der Waals surface area (Å²) < 4.78 is 5.22. The summed E-state index contributed by atoms with van der Waals surface area (Å²) in [6.07, 6.45) is 0.766. The number of nitrogens with one attached hydrogen (secondary N) is 1. The van der Waals surface area contributed by atoms with Gasteiger partial charge in [0, 0.05) is 12.6 Å². The zero-order valence-electron chi connectivity index (χ0n) is 10.3. The molecule has 1 heterocycles. The summed E-state index contributed by atoms with van der Waals surface area (Å²) in [7, 11) is 0. The summed E-state index contributed by atoms with van der Waals surface area (Å²) in [6, 6.07) is 0.0462. The van der Waals surface area contributed by atoms with Gasteiger partial charge in [0.05, 0.1) is 0 Å². The predicted molar refractivity (Wildman–Crippen MR) is 67.6 cm³/mol. The van der Waals surface area contributed by atoms with Crippen molar-refractivity contribution in [1.29, 1.82) is 0 Å². The van der Waals surface area contributed by atoms with Crippen LogP contribution in [0.4, 0.5) is 4.79 Å². The Balaban J connectivity index is 2.40. The lowest BCUT2D eigenvalue weighted by atomic mass is 9.99. The van der Waals surface area contributed by atoms with Crippen LogP contribution in [0.25, 0.3) is 0 Å². The van der Waals surface area contributed by atoms with E-state index in [0.717, 1.165) is 17.9 Å². The first-order chi connectivity index (χ1) is 7.42. The third kappa shape index (κ3) is 4.61. The van der Waals surface area contributed by atoms with Gasteiger partial charge in [0.1, 0.15) is 5.60 Å². The van der Waals surface area contributed by atoms with Crippen molar-refractivity contribution in [3.8, 4) is 0 Å². The highest BCUT2D eigenvalue weighted by Gasteiger charge is 2.27. The number of carbonyl (C=O) groups excluding carboxylic acids is 1. The molecule has 1 fully saturated rings. The Kier molecular flexibility index (Phi) is 4.92. The van der Waals surface area contributed by atoms with Gasteiger partial charge in [0.2, 0.25) is 0 Å². The van der Waals surface area contributed by atoms with Crippen LogP contribution in [0.5, 0.6) is 0 Å². The van der Waals surface area contributed by atoms with E-state index in [0.29, 0.717) is 12.5 Å². The van der Waals surface area contributed by atoms with Crippen LogP contribution in [-0.4, -0.2) is 35.8 Å². The minimum atomic E-state index is -0.451. The number of hydrogen-bond acceptors (Lipinski definition) is 4. The average molecular weight is 246 g/mol. The molecular weight excluding hydrogens is 224 g/mol. The number of ether oxygens (including phenoxy) is 1. The van der Waals surface area contributed by atoms with E-state index in [1.807, 2.05) is 32.5 Å². The Hall–Kier alpha value is -0.420. The molecule has 1 aliphatic rings. The monoisotopic (exact) mass is 246 g/mol. The molecule has 1 amide bonds. The first-order valence-electron chi connectivity index (χ1n) is 5.69. The van der Waals surface area contributed by atoms with Crippen molar-refractivity contribution in [1.82, 2.24) is 5.32 Å². The van der Waals surface area contributed by atoms with Crippen LogP contribution in [0.1, 0.15) is 27.2 Å². The highest BCUT2D eigenvalue weighted by atomic mass is 32.2. The van der Waals surface area contributed by atoms with E-state index in [9.17, 15) is 4.79 Å². The lowest BCUT2D eigenvalue weighted by Crippen LogP contribution is -2.47. The zero-order chi connectivity index (χ0) is 12.2. The lowest BCUT2D eigenvalue weighted by Gasteiger charge is -2.25. The summed E-state index contributed by atoms with van der Waals surface area (Å²) in [5.41, 5.74) is 5.23. The molecular formula is C11H22N2O2S. The van der Waals surface area contributed by atoms with Gasteiger partial charge in [-0.05, 0) is 44.6 Å². The highest BCUT2D eigenvalue weighted by Crippen LogP contribution is 2.26. The van der Waals surface area contributed by atoms with Gasteiger partial charge >= 0.3 is 6.09 Å². The van der Waals surface area contributed by atoms with Gasteiger partial charge in [-0.3, -0.25) is 0 Å². The Morgan fingerprint density at radius 1 is 1.62 bits per heavy atom. The van der Waals surface area contributed by atoms with Crippen LogP contribution in [0, 0.1) is 5.92 Å². The molecule has 4 nitrogen and oxygen atoms in total. The molecule has 0 radical (unpaired) electrons. The number of amides is 1. The molecule has 3 N–H and O–H groups in total. The van der Waals surface area contributed by atoms with Crippen LogP contribution in [0.3, 0.4) is 0 Å². The molecule has 5 heteroatoms. The van der Waals surface area contributed by atoms with Crippen LogP contribution >= 0.6 is 11.8 Å². The van der Waals surface area contributed by atoms with Gasteiger partial charge < -0.3 is 15.8 Å². The van der Waals surface area contributed by atoms with E-state index in [1.54, 1.807) is 0 Å². The summed E-state index contributed by atoms with van der Waals surface area (Å²) in [5.74, 6) is 2.73. The van der Waals surface area contributed by atoms with Gasteiger partial charge in [-0.25, -0.2) is 4.79 Å². The molecule has 16 heavy (non-hydrogen) atoms. The molecule has 0 aliphatic carbocycles. The normalized spacial score (nSPS) is 22.9. The second-order valence-electron chi connectivity index (χ2n) is 5.11. The Morgan fingerprint density at radius 2 is 2.31 bits per heavy atom. The SMILES string of the molecule is CC(C)(C)OC(=O)NC(CN)C1CCSC1. The fraction of sp³-hybridized carbons (Fsp3) is 0.909. The van der Waals surface area contributed by atoms with E-state index < -0.39 is 5.60 Å². The second kappa shape index (κ2) is 5.77. The molecule has 1 aliphatic heterocycles. The van der Waals surface area contributed by atoms with Crippen molar-refractivity contribution in [3.63, 3.8) is 0 Å². The van der Waals surface area contributed by atoms with E-state index in [-0.39, 0.29) is 12.1 Å². The third-order valence-electron chi connectivity index (χ3n) is 2.49. The number of alkyl carbamates (subject to hydrolysis) is 1. The molecule has 0 saturated carbocycles. The summed E-state index contributed by atoms with van der Waals surface area (Å²) in [6.45, 7) is 6.05. The molecule has 0 aromatic heterocycles. The molecule has 1 saturated heterocycles. The minimum Gasteiger partial charge on any atom is -0.444 e. The maximum atomic E-state index is 11.6. The van der Waals surface area contributed by atoms with Crippen molar-refractivity contribution >= 4 is 17.9 Å². The summed E-state index contributed by atoms with van der Waals surface area (Å²) in [4.78, 5) is 11.6. The third-order valence-corrected chi connectivity index (χ3v) is 3.68. The first-order valence-corrected chi connectivity index (χ1v) is 6.85. The van der Waals surface area contributed by atoms with E-state index in [2.05, 4.69) is 5.32 Å². The maximum Gasteiger partial charge on any atom is 0.407 e. The van der Waals surface area contributed by atoms with Crippen molar-refractivity contribution in [3.05, 3.63) is 0 Å². The number of hydrogen-bond donors (Lipinski definition) is 2. The van der Waals surface area contributed by atoms with Crippen molar-refractivity contribution in [2.75, 3.05) is 18.1 Å². The standard InChI is InChI=1S/C11H22N2O2S/c1-11(2,3)15-10(14)13-9(6-12)8-4-5-16-7-8/h8-9H,4-7,12H2,1-3H3,(H,13,14). The van der Waals surface area contributed by atoms with Crippen LogP contribution in [0.2, 0.25) is 0 Å². The molecule has 1 rings (SSSR count). The number of nitrogens with two attached hydrogens (primary N) is 1. The fourth-order valence-corrected chi connectivity index (χ4v) is 3.04. The molecule has 2 unspecified atom stereocenters. The zero-order valence-corrected chi connectivity index (χ0v) is 11.1. The lowest BCUT2D eigenvalue weighted by molar-refractivity contribution is 0.0491. The van der Waals surface area contributed by atoms with Crippen LogP contribution in [0.15, 0.2) is 0 Å². The van der Waals surface area contributed by atoms with E-state index in [4.69, 9.17) is 10.5 Å². The van der Waals surface area contributed by atoms with E-state index >= 15 is 0 Å². The number of rotatable bonds is 3. The topological polar surface area (TPSA) is 64.3 Å². The fourth-order valence-electron chi connectivity index (χ4n) is 1.70. The summed E-state index contributed by atoms with van der Waals surface area (Å²) >= 11 is 1.92. The molecule has 0 aromatic rings. The molecule has 2 atom stereocenters. The first kappa shape index (κ1) is 13.6. The largest absolute Gasteiger partial charge is 0.444 e. The highest BCUT2D eigenvalue weighted by molar-refractivity contribution is 7.99. The van der Waals surface area contributed by atoms with E-state index in [1.165, 1.54) is 0 Å². The van der Waals surface area contributed by atoms with Crippen molar-refractivity contribution < 1.29 is 9.53 Å². The summed E-state index contributed by atoms with van der Waals surface area (Å²) in [5, 5.41) is 2.87. The smallest absolute Gasteiger partial charge is 0.407 e. The van der Waals surface area contributed by atoms with Gasteiger partial charge in [0.25, 0.3) is 0 Å². The van der Waals surface area contributed by atoms with Crippen molar-refractivity contribution in [2.24, 2.45) is 11.7 Å². The molecule has 0 spiro atoms. The molecule has 0 bridgehead atoms. The van der Waals surface area contributed by atoms with Crippen LogP contribution in [-0.2, 0) is 4.74 Å². The average Bonchev–Trinajstić information content (AvgIpc) is 2.63. The molecule has 0 aromatic carbocycles. The quantitative estimate of drug-likeness (QED) is 0.794.